The molecule has 0 aromatic carbocycles. The number of rotatable bonds is 4. The zero-order valence-corrected chi connectivity index (χ0v) is 11.3. The Kier molecular flexibility index (Phi) is 3.68. The zero-order chi connectivity index (χ0) is 11.5. The Morgan fingerprint density at radius 2 is 2.25 bits per heavy atom. The van der Waals surface area contributed by atoms with E-state index in [9.17, 15) is 0 Å². The Hall–Kier alpha value is -0.780. The molecule has 3 nitrogen and oxygen atoms in total. The minimum Gasteiger partial charge on any atom is -0.304 e. The Balaban J connectivity index is 1.95. The molecule has 86 valence electrons. The predicted octanol–water partition coefficient (Wildman–Crippen LogP) is 3.07. The van der Waals surface area contributed by atoms with Crippen LogP contribution in [0.3, 0.4) is 0 Å². The first kappa shape index (κ1) is 11.7. The minimum absolute atomic E-state index is 0.356. The van der Waals surface area contributed by atoms with Crippen molar-refractivity contribution < 1.29 is 0 Å². The summed E-state index contributed by atoms with van der Waals surface area (Å²) in [6.07, 6.45) is 1.92. The third-order valence-electron chi connectivity index (χ3n) is 2.45. The smallest absolute Gasteiger partial charge is 0.0900 e. The van der Waals surface area contributed by atoms with E-state index in [0.717, 1.165) is 17.2 Å². The normalized spacial score (nSPS) is 12.9. The van der Waals surface area contributed by atoms with E-state index in [4.69, 9.17) is 0 Å². The van der Waals surface area contributed by atoms with Crippen molar-refractivity contribution in [3.63, 3.8) is 0 Å². The van der Waals surface area contributed by atoms with Crippen LogP contribution in [0.5, 0.6) is 0 Å². The quantitative estimate of drug-likeness (QED) is 0.910. The second-order valence-corrected chi connectivity index (χ2v) is 5.95. The van der Waals surface area contributed by atoms with Crippen LogP contribution in [-0.4, -0.2) is 9.97 Å². The molecule has 1 N–H and O–H groups in total. The molecule has 0 aliphatic carbocycles. The lowest BCUT2D eigenvalue weighted by molar-refractivity contribution is 0.584. The van der Waals surface area contributed by atoms with Gasteiger partial charge in [-0.1, -0.05) is 0 Å². The highest BCUT2D eigenvalue weighted by molar-refractivity contribution is 7.11. The Morgan fingerprint density at radius 3 is 2.81 bits per heavy atom. The number of aromatic nitrogens is 2. The predicted molar refractivity (Wildman–Crippen MR) is 69.0 cm³/mol. The second kappa shape index (κ2) is 5.03. The van der Waals surface area contributed by atoms with Crippen LogP contribution in [0, 0.1) is 13.8 Å². The largest absolute Gasteiger partial charge is 0.304 e. The fraction of sp³-hybridized carbons (Fsp3) is 0.455. The number of thiazole rings is 2. The molecule has 0 aliphatic rings. The summed E-state index contributed by atoms with van der Waals surface area (Å²) in [4.78, 5) is 11.1. The van der Waals surface area contributed by atoms with E-state index in [1.165, 1.54) is 9.75 Å². The van der Waals surface area contributed by atoms with Crippen molar-refractivity contribution in [2.75, 3.05) is 0 Å². The number of nitrogens with one attached hydrogen (secondary N) is 1. The third kappa shape index (κ3) is 2.66. The van der Waals surface area contributed by atoms with Gasteiger partial charge in [-0.3, -0.25) is 4.98 Å². The molecule has 0 saturated carbocycles. The van der Waals surface area contributed by atoms with Gasteiger partial charge in [0.25, 0.3) is 0 Å². The monoisotopic (exact) mass is 253 g/mol. The van der Waals surface area contributed by atoms with Crippen LogP contribution in [0.15, 0.2) is 11.7 Å². The molecule has 0 spiro atoms. The Morgan fingerprint density at radius 1 is 1.44 bits per heavy atom. The molecule has 0 bridgehead atoms. The van der Waals surface area contributed by atoms with E-state index in [-0.39, 0.29) is 0 Å². The molecule has 2 rings (SSSR count). The van der Waals surface area contributed by atoms with Crippen molar-refractivity contribution >= 4 is 22.7 Å². The number of aryl methyl sites for hydroxylation is 2. The molecule has 0 fully saturated rings. The number of hydrogen-bond donors (Lipinski definition) is 1. The highest BCUT2D eigenvalue weighted by atomic mass is 32.1. The first-order valence-electron chi connectivity index (χ1n) is 5.21. The summed E-state index contributed by atoms with van der Waals surface area (Å²) < 4.78 is 0. The van der Waals surface area contributed by atoms with Gasteiger partial charge in [0.2, 0.25) is 0 Å². The van der Waals surface area contributed by atoms with Gasteiger partial charge < -0.3 is 5.32 Å². The first-order chi connectivity index (χ1) is 7.66. The van der Waals surface area contributed by atoms with Gasteiger partial charge >= 0.3 is 0 Å². The summed E-state index contributed by atoms with van der Waals surface area (Å²) in [7, 11) is 0. The van der Waals surface area contributed by atoms with Gasteiger partial charge in [-0.2, -0.15) is 0 Å². The Bertz CT molecular complexity index is 448. The number of nitrogens with zero attached hydrogens (tertiary/aromatic N) is 2. The fourth-order valence-corrected chi connectivity index (χ4v) is 3.06. The summed E-state index contributed by atoms with van der Waals surface area (Å²) in [5.41, 5.74) is 3.02. The number of hydrogen-bond acceptors (Lipinski definition) is 5. The van der Waals surface area contributed by atoms with E-state index >= 15 is 0 Å². The highest BCUT2D eigenvalue weighted by Gasteiger charge is 2.09. The molecule has 1 atom stereocenters. The molecule has 2 aromatic rings. The highest BCUT2D eigenvalue weighted by Crippen LogP contribution is 2.20. The maximum absolute atomic E-state index is 4.42. The van der Waals surface area contributed by atoms with E-state index in [1.54, 1.807) is 22.7 Å². The fourth-order valence-electron chi connectivity index (χ4n) is 1.52. The van der Waals surface area contributed by atoms with Gasteiger partial charge in [-0.25, -0.2) is 4.98 Å². The summed E-state index contributed by atoms with van der Waals surface area (Å²) in [5.74, 6) is 0. The van der Waals surface area contributed by atoms with E-state index < -0.39 is 0 Å². The molecule has 0 amide bonds. The molecule has 5 heteroatoms. The third-order valence-corrected chi connectivity index (χ3v) is 4.48. The minimum atomic E-state index is 0.356. The molecular formula is C11H15N3S2. The SMILES string of the molecule is Cc1nc(C)c(CNC(C)c2cncs2)s1. The van der Waals surface area contributed by atoms with Crippen LogP contribution in [0.2, 0.25) is 0 Å². The summed E-state index contributed by atoms with van der Waals surface area (Å²) in [6, 6.07) is 0.356. The van der Waals surface area contributed by atoms with Crippen molar-refractivity contribution in [2.24, 2.45) is 0 Å². The van der Waals surface area contributed by atoms with Crippen LogP contribution in [0.1, 0.15) is 33.4 Å². The van der Waals surface area contributed by atoms with Crippen molar-refractivity contribution in [1.82, 2.24) is 15.3 Å². The molecule has 16 heavy (non-hydrogen) atoms. The lowest BCUT2D eigenvalue weighted by Gasteiger charge is -2.10. The van der Waals surface area contributed by atoms with Crippen LogP contribution in [0.4, 0.5) is 0 Å². The molecule has 0 saturated heterocycles. The molecule has 2 aromatic heterocycles. The lowest BCUT2D eigenvalue weighted by Crippen LogP contribution is -2.16. The second-order valence-electron chi connectivity index (χ2n) is 3.75. The van der Waals surface area contributed by atoms with Gasteiger partial charge in [0.15, 0.2) is 0 Å². The van der Waals surface area contributed by atoms with Crippen LogP contribution in [0.25, 0.3) is 0 Å². The van der Waals surface area contributed by atoms with E-state index in [1.807, 2.05) is 18.6 Å². The molecule has 0 radical (unpaired) electrons. The van der Waals surface area contributed by atoms with Gasteiger partial charge in [-0.15, -0.1) is 22.7 Å². The molecular weight excluding hydrogens is 238 g/mol. The van der Waals surface area contributed by atoms with Crippen molar-refractivity contribution in [2.45, 2.75) is 33.4 Å². The van der Waals surface area contributed by atoms with Gasteiger partial charge in [0.1, 0.15) is 0 Å². The van der Waals surface area contributed by atoms with Crippen LogP contribution < -0.4 is 5.32 Å². The van der Waals surface area contributed by atoms with E-state index in [0.29, 0.717) is 6.04 Å². The molecule has 0 aliphatic heterocycles. The zero-order valence-electron chi connectivity index (χ0n) is 9.65. The van der Waals surface area contributed by atoms with Gasteiger partial charge in [-0.05, 0) is 20.8 Å². The van der Waals surface area contributed by atoms with Crippen molar-refractivity contribution in [3.8, 4) is 0 Å². The maximum Gasteiger partial charge on any atom is 0.0900 e. The van der Waals surface area contributed by atoms with Crippen LogP contribution in [-0.2, 0) is 6.54 Å². The molecule has 1 unspecified atom stereocenters. The lowest BCUT2D eigenvalue weighted by atomic mass is 10.3. The van der Waals surface area contributed by atoms with Gasteiger partial charge in [0, 0.05) is 28.5 Å². The van der Waals surface area contributed by atoms with E-state index in [2.05, 4.69) is 29.1 Å². The summed E-state index contributed by atoms with van der Waals surface area (Å²) >= 11 is 3.46. The average molecular weight is 253 g/mol. The maximum atomic E-state index is 4.42. The van der Waals surface area contributed by atoms with Gasteiger partial charge in [0.05, 0.1) is 16.2 Å². The first-order valence-corrected chi connectivity index (χ1v) is 6.91. The van der Waals surface area contributed by atoms with Crippen LogP contribution >= 0.6 is 22.7 Å². The topological polar surface area (TPSA) is 37.8 Å². The summed E-state index contributed by atoms with van der Waals surface area (Å²) in [5, 5.41) is 4.63. The van der Waals surface area contributed by atoms with Crippen molar-refractivity contribution in [3.05, 3.63) is 32.2 Å². The molecule has 2 heterocycles. The Labute approximate surface area is 104 Å². The standard InChI is InChI=1S/C11H15N3S2/c1-7(10-4-12-6-15-10)13-5-11-8(2)14-9(3)16-11/h4,6-7,13H,5H2,1-3H3. The average Bonchev–Trinajstić information content (AvgIpc) is 2.84. The van der Waals surface area contributed by atoms with Crippen molar-refractivity contribution in [1.29, 1.82) is 0 Å². The summed E-state index contributed by atoms with van der Waals surface area (Å²) in [6.45, 7) is 7.17.